The first-order valence-corrected chi connectivity index (χ1v) is 6.04. The fraction of sp³-hybridized carbons (Fsp3) is 0.273. The van der Waals surface area contributed by atoms with Crippen molar-refractivity contribution in [1.82, 2.24) is 20.1 Å². The molecule has 2 aromatic rings. The van der Waals surface area contributed by atoms with Gasteiger partial charge in [-0.2, -0.15) is 5.10 Å². The van der Waals surface area contributed by atoms with Gasteiger partial charge in [-0.3, -0.25) is 0 Å². The van der Waals surface area contributed by atoms with Gasteiger partial charge in [-0.25, -0.2) is 18.4 Å². The van der Waals surface area contributed by atoms with Crippen molar-refractivity contribution in [2.75, 3.05) is 7.05 Å². The maximum Gasteiger partial charge on any atom is 0.280 e. The largest absolute Gasteiger partial charge is 0.316 e. The Morgan fingerprint density at radius 3 is 2.72 bits per heavy atom. The third kappa shape index (κ3) is 2.56. The summed E-state index contributed by atoms with van der Waals surface area (Å²) in [5, 5.41) is 6.81. The van der Waals surface area contributed by atoms with Crippen molar-refractivity contribution in [1.29, 1.82) is 0 Å². The third-order valence-corrected chi connectivity index (χ3v) is 2.86. The summed E-state index contributed by atoms with van der Waals surface area (Å²) >= 11 is 3.25. The first-order valence-electron chi connectivity index (χ1n) is 5.25. The lowest BCUT2D eigenvalue weighted by Crippen LogP contribution is -2.10. The molecule has 0 amide bonds. The van der Waals surface area contributed by atoms with Gasteiger partial charge in [0.25, 0.3) is 6.43 Å². The molecule has 7 heteroatoms. The van der Waals surface area contributed by atoms with Crippen LogP contribution in [0.15, 0.2) is 29.0 Å². The van der Waals surface area contributed by atoms with E-state index in [1.165, 1.54) is 10.9 Å². The molecular weight excluding hydrogens is 306 g/mol. The lowest BCUT2D eigenvalue weighted by atomic mass is 10.2. The van der Waals surface area contributed by atoms with E-state index in [0.29, 0.717) is 17.9 Å². The van der Waals surface area contributed by atoms with E-state index in [4.69, 9.17) is 0 Å². The predicted octanol–water partition coefficient (Wildman–Crippen LogP) is 2.69. The molecule has 0 spiro atoms. The second-order valence-electron chi connectivity index (χ2n) is 3.63. The van der Waals surface area contributed by atoms with Crippen molar-refractivity contribution in [3.05, 3.63) is 40.3 Å². The molecule has 0 radical (unpaired) electrons. The molecule has 0 unspecified atom stereocenters. The highest BCUT2D eigenvalue weighted by atomic mass is 79.9. The van der Waals surface area contributed by atoms with Crippen molar-refractivity contribution in [2.45, 2.75) is 13.0 Å². The second-order valence-corrected chi connectivity index (χ2v) is 4.55. The standard InChI is InChI=1S/C11H11BrF2N4/c1-15-4-7-5-17-18(10(7)11(13)14)9-3-2-8(12)6-16-9/h2-3,5-6,11,15H,4H2,1H3. The zero-order chi connectivity index (χ0) is 13.1. The van der Waals surface area contributed by atoms with E-state index in [0.717, 1.165) is 4.47 Å². The first-order chi connectivity index (χ1) is 8.63. The normalized spacial score (nSPS) is 11.2. The number of alkyl halides is 2. The smallest absolute Gasteiger partial charge is 0.280 e. The highest BCUT2D eigenvalue weighted by molar-refractivity contribution is 9.10. The minimum Gasteiger partial charge on any atom is -0.316 e. The van der Waals surface area contributed by atoms with E-state index in [1.807, 2.05) is 0 Å². The Labute approximate surface area is 111 Å². The summed E-state index contributed by atoms with van der Waals surface area (Å²) in [5.41, 5.74) is 0.344. The Kier molecular flexibility index (Phi) is 4.03. The maximum atomic E-state index is 13.1. The van der Waals surface area contributed by atoms with Crippen LogP contribution in [0.1, 0.15) is 17.7 Å². The molecule has 2 rings (SSSR count). The molecule has 0 bridgehead atoms. The van der Waals surface area contributed by atoms with Crippen molar-refractivity contribution in [3.8, 4) is 5.82 Å². The van der Waals surface area contributed by atoms with E-state index in [-0.39, 0.29) is 5.69 Å². The number of aromatic nitrogens is 3. The Morgan fingerprint density at radius 2 is 2.17 bits per heavy atom. The summed E-state index contributed by atoms with van der Waals surface area (Å²) in [4.78, 5) is 4.06. The number of halogens is 3. The van der Waals surface area contributed by atoms with Crippen LogP contribution in [0.25, 0.3) is 5.82 Å². The molecule has 0 aromatic carbocycles. The summed E-state index contributed by atoms with van der Waals surface area (Å²) in [6, 6.07) is 3.36. The fourth-order valence-electron chi connectivity index (χ4n) is 1.63. The topological polar surface area (TPSA) is 42.7 Å². The van der Waals surface area contributed by atoms with E-state index in [1.54, 1.807) is 25.4 Å². The Hall–Kier alpha value is -1.34. The number of hydrogen-bond acceptors (Lipinski definition) is 3. The van der Waals surface area contributed by atoms with Crippen LogP contribution in [-0.4, -0.2) is 21.8 Å². The lowest BCUT2D eigenvalue weighted by Gasteiger charge is -2.08. The van der Waals surface area contributed by atoms with Crippen molar-refractivity contribution in [3.63, 3.8) is 0 Å². The summed E-state index contributed by atoms with van der Waals surface area (Å²) in [5.74, 6) is 0.371. The quantitative estimate of drug-likeness (QED) is 0.943. The molecule has 4 nitrogen and oxygen atoms in total. The number of pyridine rings is 1. The van der Waals surface area contributed by atoms with Crippen LogP contribution in [0, 0.1) is 0 Å². The minimum atomic E-state index is -2.60. The van der Waals surface area contributed by atoms with Gasteiger partial charge in [0.1, 0.15) is 5.69 Å². The van der Waals surface area contributed by atoms with E-state index in [9.17, 15) is 8.78 Å². The van der Waals surface area contributed by atoms with Gasteiger partial charge in [0.2, 0.25) is 0 Å². The Morgan fingerprint density at radius 1 is 1.39 bits per heavy atom. The molecule has 0 aliphatic carbocycles. The van der Waals surface area contributed by atoms with Gasteiger partial charge in [-0.05, 0) is 35.1 Å². The fourth-order valence-corrected chi connectivity index (χ4v) is 1.86. The molecule has 0 aliphatic rings. The molecule has 2 heterocycles. The second kappa shape index (κ2) is 5.53. The Balaban J connectivity index is 2.47. The third-order valence-electron chi connectivity index (χ3n) is 2.39. The van der Waals surface area contributed by atoms with Crippen LogP contribution < -0.4 is 5.32 Å². The predicted molar refractivity (Wildman–Crippen MR) is 66.8 cm³/mol. The molecule has 0 aliphatic heterocycles. The van der Waals surface area contributed by atoms with Crippen LogP contribution in [0.5, 0.6) is 0 Å². The van der Waals surface area contributed by atoms with Gasteiger partial charge in [0.05, 0.1) is 6.20 Å². The molecule has 1 N–H and O–H groups in total. The summed E-state index contributed by atoms with van der Waals surface area (Å²) < 4.78 is 28.1. The molecule has 2 aromatic heterocycles. The number of nitrogens with one attached hydrogen (secondary N) is 1. The van der Waals surface area contributed by atoms with Crippen molar-refractivity contribution in [2.24, 2.45) is 0 Å². The molecular formula is C11H11BrF2N4. The van der Waals surface area contributed by atoms with E-state index in [2.05, 4.69) is 31.3 Å². The average Bonchev–Trinajstić information content (AvgIpc) is 2.74. The summed E-state index contributed by atoms with van der Waals surface area (Å²) in [7, 11) is 1.70. The van der Waals surface area contributed by atoms with Gasteiger partial charge in [-0.15, -0.1) is 0 Å². The molecule has 0 saturated heterocycles. The van der Waals surface area contributed by atoms with Crippen molar-refractivity contribution >= 4 is 15.9 Å². The highest BCUT2D eigenvalue weighted by Crippen LogP contribution is 2.25. The number of nitrogens with zero attached hydrogens (tertiary/aromatic N) is 3. The van der Waals surface area contributed by atoms with Gasteiger partial charge in [-0.1, -0.05) is 0 Å². The molecule has 18 heavy (non-hydrogen) atoms. The highest BCUT2D eigenvalue weighted by Gasteiger charge is 2.20. The van der Waals surface area contributed by atoms with Gasteiger partial charge >= 0.3 is 0 Å². The zero-order valence-corrected chi connectivity index (χ0v) is 11.2. The summed E-state index contributed by atoms with van der Waals surface area (Å²) in [6.07, 6.45) is 0.382. The molecule has 0 fully saturated rings. The minimum absolute atomic E-state index is 0.126. The van der Waals surface area contributed by atoms with Crippen LogP contribution in [0.2, 0.25) is 0 Å². The van der Waals surface area contributed by atoms with Crippen LogP contribution in [-0.2, 0) is 6.54 Å². The first kappa shape index (κ1) is 13.1. The monoisotopic (exact) mass is 316 g/mol. The maximum absolute atomic E-state index is 13.1. The zero-order valence-electron chi connectivity index (χ0n) is 9.57. The van der Waals surface area contributed by atoms with Crippen LogP contribution in [0.3, 0.4) is 0 Å². The SMILES string of the molecule is CNCc1cnn(-c2ccc(Br)cn2)c1C(F)F. The van der Waals surface area contributed by atoms with Gasteiger partial charge in [0, 0.05) is 22.8 Å². The van der Waals surface area contributed by atoms with Gasteiger partial charge < -0.3 is 5.32 Å². The van der Waals surface area contributed by atoms with Crippen LogP contribution >= 0.6 is 15.9 Å². The number of rotatable bonds is 4. The van der Waals surface area contributed by atoms with Crippen molar-refractivity contribution < 1.29 is 8.78 Å². The van der Waals surface area contributed by atoms with Gasteiger partial charge in [0.15, 0.2) is 5.82 Å². The lowest BCUT2D eigenvalue weighted by molar-refractivity contribution is 0.141. The molecule has 0 atom stereocenters. The molecule has 96 valence electrons. The van der Waals surface area contributed by atoms with E-state index >= 15 is 0 Å². The van der Waals surface area contributed by atoms with Crippen LogP contribution in [0.4, 0.5) is 8.78 Å². The Bertz CT molecular complexity index is 524. The summed E-state index contributed by atoms with van der Waals surface area (Å²) in [6.45, 7) is 0.343. The molecule has 0 saturated carbocycles. The number of hydrogen-bond donors (Lipinski definition) is 1. The average molecular weight is 317 g/mol. The van der Waals surface area contributed by atoms with E-state index < -0.39 is 6.43 Å².